The molecule has 0 spiro atoms. The van der Waals surface area contributed by atoms with Crippen LogP contribution in [0.1, 0.15) is 13.3 Å². The lowest BCUT2D eigenvalue weighted by molar-refractivity contribution is -0.139. The summed E-state index contributed by atoms with van der Waals surface area (Å²) in [5.41, 5.74) is 0.387. The second-order valence-corrected chi connectivity index (χ2v) is 3.09. The van der Waals surface area contributed by atoms with Gasteiger partial charge in [0.25, 0.3) is 0 Å². The predicted molar refractivity (Wildman–Crippen MR) is 65.7 cm³/mol. The Morgan fingerprint density at radius 1 is 1.17 bits per heavy atom. The average Bonchev–Trinajstić information content (AvgIpc) is 2.36. The summed E-state index contributed by atoms with van der Waals surface area (Å²) in [5, 5.41) is 16.4. The van der Waals surface area contributed by atoms with Crippen molar-refractivity contribution < 1.29 is 29.3 Å². The van der Waals surface area contributed by atoms with Crippen LogP contribution >= 0.6 is 0 Å². The average molecular weight is 260 g/mol. The summed E-state index contributed by atoms with van der Waals surface area (Å²) < 4.78 is 8.98. The molecule has 0 heterocycles. The van der Waals surface area contributed by atoms with Crippen molar-refractivity contribution in [3.05, 3.63) is 24.8 Å². The minimum absolute atomic E-state index is 0.0451. The van der Waals surface area contributed by atoms with Crippen LogP contribution in [0.15, 0.2) is 24.8 Å². The molecule has 18 heavy (non-hydrogen) atoms. The van der Waals surface area contributed by atoms with Crippen molar-refractivity contribution in [3.63, 3.8) is 0 Å². The van der Waals surface area contributed by atoms with Crippen LogP contribution in [0.2, 0.25) is 0 Å². The molecule has 0 rings (SSSR count). The van der Waals surface area contributed by atoms with E-state index in [-0.39, 0.29) is 26.4 Å². The first-order valence-corrected chi connectivity index (χ1v) is 5.33. The van der Waals surface area contributed by atoms with Crippen LogP contribution in [0.25, 0.3) is 0 Å². The lowest BCUT2D eigenvalue weighted by atomic mass is 10.4. The van der Waals surface area contributed by atoms with Gasteiger partial charge in [0.15, 0.2) is 0 Å². The van der Waals surface area contributed by atoms with Crippen LogP contribution in [0.3, 0.4) is 0 Å². The predicted octanol–water partition coefficient (Wildman–Crippen LogP) is 0.196. The maximum Gasteiger partial charge on any atom is 0.333 e. The zero-order valence-electron chi connectivity index (χ0n) is 10.6. The Morgan fingerprint density at radius 3 is 2.17 bits per heavy atom. The molecule has 0 aromatic carbocycles. The highest BCUT2D eigenvalue weighted by Gasteiger charge is 2.00. The SMILES string of the molecule is C=C(C)C(=O)OCCCO.C=CC(=O)OCCO. The largest absolute Gasteiger partial charge is 0.462 e. The van der Waals surface area contributed by atoms with Gasteiger partial charge in [0.05, 0.1) is 13.2 Å². The molecule has 104 valence electrons. The number of carbonyl (C=O) groups excluding carboxylic acids is 2. The summed E-state index contributed by atoms with van der Waals surface area (Å²) in [7, 11) is 0. The van der Waals surface area contributed by atoms with E-state index >= 15 is 0 Å². The summed E-state index contributed by atoms with van der Waals surface area (Å²) in [4.78, 5) is 20.7. The van der Waals surface area contributed by atoms with Gasteiger partial charge in [0.1, 0.15) is 6.61 Å². The third kappa shape index (κ3) is 14.3. The Bertz CT molecular complexity index is 272. The number of aliphatic hydroxyl groups excluding tert-OH is 2. The van der Waals surface area contributed by atoms with Crippen LogP contribution in [0.5, 0.6) is 0 Å². The molecule has 0 aromatic rings. The number of aliphatic hydroxyl groups is 2. The highest BCUT2D eigenvalue weighted by atomic mass is 16.5. The molecule has 0 unspecified atom stereocenters. The lowest BCUT2D eigenvalue weighted by Gasteiger charge is -2.00. The summed E-state index contributed by atoms with van der Waals surface area (Å²) in [5.74, 6) is -0.896. The van der Waals surface area contributed by atoms with Crippen LogP contribution < -0.4 is 0 Å². The quantitative estimate of drug-likeness (QED) is 0.386. The van der Waals surface area contributed by atoms with Gasteiger partial charge in [0.2, 0.25) is 0 Å². The molecular weight excluding hydrogens is 240 g/mol. The molecule has 0 radical (unpaired) electrons. The third-order valence-corrected chi connectivity index (χ3v) is 1.39. The minimum atomic E-state index is -0.501. The molecule has 0 aliphatic carbocycles. The van der Waals surface area contributed by atoms with Gasteiger partial charge in [-0.05, 0) is 6.92 Å². The molecule has 6 heteroatoms. The summed E-state index contributed by atoms with van der Waals surface area (Å²) in [6, 6.07) is 0. The van der Waals surface area contributed by atoms with Gasteiger partial charge < -0.3 is 19.7 Å². The third-order valence-electron chi connectivity index (χ3n) is 1.39. The molecule has 0 aromatic heterocycles. The topological polar surface area (TPSA) is 93.1 Å². The number of carbonyl (C=O) groups is 2. The first-order chi connectivity index (χ1) is 8.49. The number of hydrogen-bond acceptors (Lipinski definition) is 6. The second kappa shape index (κ2) is 13.4. The minimum Gasteiger partial charge on any atom is -0.462 e. The first kappa shape index (κ1) is 18.7. The van der Waals surface area contributed by atoms with Crippen molar-refractivity contribution in [1.29, 1.82) is 0 Å². The van der Waals surface area contributed by atoms with Gasteiger partial charge in [-0.3, -0.25) is 0 Å². The Hall–Kier alpha value is -1.66. The van der Waals surface area contributed by atoms with E-state index in [4.69, 9.17) is 10.2 Å². The number of esters is 2. The van der Waals surface area contributed by atoms with Gasteiger partial charge in [-0.25, -0.2) is 9.59 Å². The molecule has 0 aliphatic rings. The van der Waals surface area contributed by atoms with Crippen LogP contribution in [0.4, 0.5) is 0 Å². The number of ether oxygens (including phenoxy) is 2. The summed E-state index contributed by atoms with van der Waals surface area (Å²) in [6.45, 7) is 8.36. The van der Waals surface area contributed by atoms with Gasteiger partial charge in [-0.2, -0.15) is 0 Å². The van der Waals surface area contributed by atoms with E-state index in [1.165, 1.54) is 0 Å². The standard InChI is InChI=1S/C7H12O3.C5H8O3/c1-6(2)7(9)10-5-3-4-8;1-2-5(7)8-4-3-6/h8H,1,3-5H2,2H3;2,6H,1,3-4H2. The molecule has 0 bridgehead atoms. The molecule has 0 saturated heterocycles. The van der Waals surface area contributed by atoms with E-state index in [0.29, 0.717) is 12.0 Å². The van der Waals surface area contributed by atoms with Crippen LogP contribution in [0, 0.1) is 0 Å². The zero-order chi connectivity index (χ0) is 14.4. The van der Waals surface area contributed by atoms with Crippen molar-refractivity contribution >= 4 is 11.9 Å². The molecule has 0 fully saturated rings. The highest BCUT2D eigenvalue weighted by molar-refractivity contribution is 5.86. The van der Waals surface area contributed by atoms with Gasteiger partial charge in [-0.15, -0.1) is 0 Å². The molecule has 0 atom stereocenters. The van der Waals surface area contributed by atoms with Crippen molar-refractivity contribution in [2.75, 3.05) is 26.4 Å². The van der Waals surface area contributed by atoms with E-state index < -0.39 is 11.9 Å². The van der Waals surface area contributed by atoms with Gasteiger partial charge in [-0.1, -0.05) is 13.2 Å². The summed E-state index contributed by atoms with van der Waals surface area (Å²) >= 11 is 0. The Kier molecular flexibility index (Phi) is 13.9. The molecular formula is C12H20O6. The highest BCUT2D eigenvalue weighted by Crippen LogP contribution is 1.92. The van der Waals surface area contributed by atoms with Crippen molar-refractivity contribution in [2.45, 2.75) is 13.3 Å². The Labute approximate surface area is 107 Å². The Balaban J connectivity index is 0. The van der Waals surface area contributed by atoms with Crippen molar-refractivity contribution in [2.24, 2.45) is 0 Å². The lowest BCUT2D eigenvalue weighted by Crippen LogP contribution is -2.06. The van der Waals surface area contributed by atoms with Crippen molar-refractivity contribution in [3.8, 4) is 0 Å². The molecule has 0 saturated carbocycles. The first-order valence-electron chi connectivity index (χ1n) is 5.33. The van der Waals surface area contributed by atoms with E-state index in [0.717, 1.165) is 6.08 Å². The molecule has 2 N–H and O–H groups in total. The summed E-state index contributed by atoms with van der Waals surface area (Å²) in [6.07, 6.45) is 1.54. The smallest absolute Gasteiger partial charge is 0.333 e. The molecule has 0 aliphatic heterocycles. The van der Waals surface area contributed by atoms with Crippen LogP contribution in [-0.2, 0) is 19.1 Å². The number of rotatable bonds is 7. The fourth-order valence-corrected chi connectivity index (χ4v) is 0.558. The van der Waals surface area contributed by atoms with Gasteiger partial charge in [0, 0.05) is 24.7 Å². The monoisotopic (exact) mass is 260 g/mol. The number of hydrogen-bond donors (Lipinski definition) is 2. The van der Waals surface area contributed by atoms with Crippen molar-refractivity contribution in [1.82, 2.24) is 0 Å². The van der Waals surface area contributed by atoms with E-state index in [9.17, 15) is 9.59 Å². The maximum atomic E-state index is 10.6. The molecule has 6 nitrogen and oxygen atoms in total. The van der Waals surface area contributed by atoms with Crippen LogP contribution in [-0.4, -0.2) is 48.6 Å². The fourth-order valence-electron chi connectivity index (χ4n) is 0.558. The normalized spacial score (nSPS) is 8.61. The maximum absolute atomic E-state index is 10.6. The molecule has 0 amide bonds. The fraction of sp³-hybridized carbons (Fsp3) is 0.500. The Morgan fingerprint density at radius 2 is 1.78 bits per heavy atom. The van der Waals surface area contributed by atoms with E-state index in [1.807, 2.05) is 0 Å². The zero-order valence-corrected chi connectivity index (χ0v) is 10.6. The van der Waals surface area contributed by atoms with Gasteiger partial charge >= 0.3 is 11.9 Å². The van der Waals surface area contributed by atoms with E-state index in [2.05, 4.69) is 22.6 Å². The second-order valence-electron chi connectivity index (χ2n) is 3.09. The van der Waals surface area contributed by atoms with E-state index in [1.54, 1.807) is 6.92 Å².